The highest BCUT2D eigenvalue weighted by Gasteiger charge is 2.47. The number of alkyl halides is 2. The van der Waals surface area contributed by atoms with Gasteiger partial charge in [0, 0.05) is 0 Å². The topological polar surface area (TPSA) is 104 Å². The Kier molecular flexibility index (Phi) is 3.62. The Morgan fingerprint density at radius 1 is 1.45 bits per heavy atom. The first kappa shape index (κ1) is 14.3. The molecule has 0 fully saturated rings. The zero-order valence-electron chi connectivity index (χ0n) is 10.1. The fourth-order valence-electron chi connectivity index (χ4n) is 1.85. The third-order valence-corrected chi connectivity index (χ3v) is 2.78. The first-order valence-corrected chi connectivity index (χ1v) is 5.54. The van der Waals surface area contributed by atoms with Crippen LogP contribution < -0.4 is 11.5 Å². The third kappa shape index (κ3) is 2.31. The van der Waals surface area contributed by atoms with Gasteiger partial charge >= 0.3 is 0 Å². The van der Waals surface area contributed by atoms with E-state index in [1.165, 1.54) is 0 Å². The lowest BCUT2D eigenvalue weighted by atomic mass is 9.95. The minimum atomic E-state index is -3.12. The molecule has 2 rings (SSSR count). The molecule has 0 aliphatic carbocycles. The van der Waals surface area contributed by atoms with Gasteiger partial charge in [-0.05, 0) is 12.1 Å². The molecule has 1 aromatic heterocycles. The third-order valence-electron chi connectivity index (χ3n) is 2.78. The van der Waals surface area contributed by atoms with Crippen LogP contribution >= 0.6 is 0 Å². The number of nitrogens with two attached hydrogens (primary N) is 2. The molecule has 9 heteroatoms. The maximum absolute atomic E-state index is 13.8. The number of ether oxygens (including phenoxy) is 1. The summed E-state index contributed by atoms with van der Waals surface area (Å²) >= 11 is 0. The van der Waals surface area contributed by atoms with Crippen LogP contribution in [0, 0.1) is 5.82 Å². The monoisotopic (exact) mass is 288 g/mol. The van der Waals surface area contributed by atoms with E-state index in [9.17, 15) is 18.0 Å². The lowest BCUT2D eigenvalue weighted by molar-refractivity contribution is -0.0169. The van der Waals surface area contributed by atoms with E-state index in [2.05, 4.69) is 9.98 Å². The molecular formula is C11H11F3N4O2. The van der Waals surface area contributed by atoms with Gasteiger partial charge in [0.15, 0.2) is 5.54 Å². The molecule has 0 radical (unpaired) electrons. The van der Waals surface area contributed by atoms with E-state index in [4.69, 9.17) is 16.2 Å². The summed E-state index contributed by atoms with van der Waals surface area (Å²) in [5.74, 6) is -2.22. The minimum Gasteiger partial charge on any atom is -0.385 e. The number of amides is 1. The maximum Gasteiger partial charge on any atom is 0.271 e. The zero-order chi connectivity index (χ0) is 14.9. The lowest BCUT2D eigenvalue weighted by Gasteiger charge is -2.32. The summed E-state index contributed by atoms with van der Waals surface area (Å²) in [7, 11) is 0. The molecule has 0 bridgehead atoms. The number of aromatic nitrogens is 1. The van der Waals surface area contributed by atoms with Crippen LogP contribution in [0.2, 0.25) is 0 Å². The van der Waals surface area contributed by atoms with Crippen molar-refractivity contribution in [2.75, 3.05) is 13.2 Å². The summed E-state index contributed by atoms with van der Waals surface area (Å²) in [5, 5.41) is 0. The Hall–Kier alpha value is -2.16. The van der Waals surface area contributed by atoms with Crippen LogP contribution in [0.5, 0.6) is 0 Å². The molecule has 1 atom stereocenters. The van der Waals surface area contributed by atoms with Gasteiger partial charge < -0.3 is 16.2 Å². The van der Waals surface area contributed by atoms with Crippen molar-refractivity contribution in [1.29, 1.82) is 0 Å². The van der Waals surface area contributed by atoms with Crippen molar-refractivity contribution in [3.8, 4) is 0 Å². The number of rotatable bonds is 3. The van der Waals surface area contributed by atoms with E-state index in [-0.39, 0.29) is 18.1 Å². The Bertz CT molecular complexity index is 579. The molecule has 1 amide bonds. The number of aliphatic imine (C=N–C) groups is 1. The summed E-state index contributed by atoms with van der Waals surface area (Å²) in [6.07, 6.45) is -3.12. The molecular weight excluding hydrogens is 277 g/mol. The van der Waals surface area contributed by atoms with Crippen molar-refractivity contribution in [3.05, 3.63) is 29.3 Å². The summed E-state index contributed by atoms with van der Waals surface area (Å²) in [5.41, 5.74) is 6.95. The van der Waals surface area contributed by atoms with E-state index in [1.807, 2.05) is 0 Å². The number of halogens is 3. The van der Waals surface area contributed by atoms with Gasteiger partial charge in [-0.2, -0.15) is 0 Å². The van der Waals surface area contributed by atoms with Crippen LogP contribution in [0.3, 0.4) is 0 Å². The van der Waals surface area contributed by atoms with Crippen LogP contribution in [0.1, 0.15) is 16.2 Å². The molecule has 1 unspecified atom stereocenters. The number of primary amides is 1. The molecule has 108 valence electrons. The van der Waals surface area contributed by atoms with E-state index in [1.54, 1.807) is 0 Å². The molecule has 20 heavy (non-hydrogen) atoms. The maximum atomic E-state index is 13.8. The molecule has 4 N–H and O–H groups in total. The number of nitrogens with zero attached hydrogens (tertiary/aromatic N) is 2. The van der Waals surface area contributed by atoms with E-state index in [0.717, 1.165) is 12.1 Å². The van der Waals surface area contributed by atoms with Gasteiger partial charge in [-0.25, -0.2) is 23.1 Å². The predicted molar refractivity (Wildman–Crippen MR) is 62.8 cm³/mol. The molecule has 1 aliphatic rings. The highest BCUT2D eigenvalue weighted by Crippen LogP contribution is 2.35. The molecule has 0 saturated heterocycles. The molecule has 6 nitrogen and oxygen atoms in total. The summed E-state index contributed by atoms with van der Waals surface area (Å²) in [6, 6.07) is 1.82. The van der Waals surface area contributed by atoms with E-state index >= 15 is 0 Å². The first-order valence-electron chi connectivity index (χ1n) is 5.54. The normalized spacial score (nSPS) is 22.7. The second-order valence-corrected chi connectivity index (χ2v) is 4.21. The largest absolute Gasteiger partial charge is 0.385 e. The van der Waals surface area contributed by atoms with E-state index < -0.39 is 36.0 Å². The average molecular weight is 288 g/mol. The quantitative estimate of drug-likeness (QED) is 0.827. The highest BCUT2D eigenvalue weighted by molar-refractivity contribution is 5.90. The Balaban J connectivity index is 2.64. The Labute approximate surface area is 111 Å². The lowest BCUT2D eigenvalue weighted by Crippen LogP contribution is -2.46. The van der Waals surface area contributed by atoms with Crippen LogP contribution in [0.15, 0.2) is 17.1 Å². The number of carbonyl (C=O) groups excluding carboxylic acids is 1. The predicted octanol–water partition coefficient (Wildman–Crippen LogP) is 0.167. The molecule has 1 aliphatic heterocycles. The number of amidine groups is 1. The van der Waals surface area contributed by atoms with Crippen LogP contribution in [-0.2, 0) is 10.3 Å². The molecule has 0 saturated carbocycles. The first-order chi connectivity index (χ1) is 9.36. The van der Waals surface area contributed by atoms with Gasteiger partial charge in [0.2, 0.25) is 0 Å². The average Bonchev–Trinajstić information content (AvgIpc) is 2.38. The number of hydrogen-bond donors (Lipinski definition) is 2. The number of hydrogen-bond acceptors (Lipinski definition) is 5. The summed E-state index contributed by atoms with van der Waals surface area (Å²) in [6.45, 7) is -0.733. The molecule has 1 aromatic rings. The fourth-order valence-corrected chi connectivity index (χ4v) is 1.85. The Morgan fingerprint density at radius 3 is 2.70 bits per heavy atom. The van der Waals surface area contributed by atoms with Gasteiger partial charge in [0.25, 0.3) is 12.3 Å². The SMILES string of the molecule is NC(=O)c1ccc(F)c(C2(C(F)F)COCC(N)=N2)n1. The fraction of sp³-hybridized carbons (Fsp3) is 0.364. The van der Waals surface area contributed by atoms with Gasteiger partial charge in [-0.1, -0.05) is 0 Å². The molecule has 0 aromatic carbocycles. The van der Waals surface area contributed by atoms with Crippen molar-refractivity contribution >= 4 is 11.7 Å². The summed E-state index contributed by atoms with van der Waals surface area (Å²) < 4.78 is 45.5. The highest BCUT2D eigenvalue weighted by atomic mass is 19.3. The van der Waals surface area contributed by atoms with Crippen LogP contribution in [0.4, 0.5) is 13.2 Å². The summed E-state index contributed by atoms with van der Waals surface area (Å²) in [4.78, 5) is 18.2. The van der Waals surface area contributed by atoms with Crippen molar-refractivity contribution in [2.24, 2.45) is 16.5 Å². The molecule has 0 spiro atoms. The smallest absolute Gasteiger partial charge is 0.271 e. The number of carbonyl (C=O) groups is 1. The van der Waals surface area contributed by atoms with E-state index in [0.29, 0.717) is 0 Å². The van der Waals surface area contributed by atoms with Gasteiger partial charge in [0.1, 0.15) is 29.6 Å². The second-order valence-electron chi connectivity index (χ2n) is 4.21. The number of pyridine rings is 1. The van der Waals surface area contributed by atoms with Crippen molar-refractivity contribution < 1.29 is 22.7 Å². The van der Waals surface area contributed by atoms with Gasteiger partial charge in [-0.3, -0.25) is 4.79 Å². The minimum absolute atomic E-state index is 0.133. The van der Waals surface area contributed by atoms with Crippen molar-refractivity contribution in [1.82, 2.24) is 4.98 Å². The standard InChI is InChI=1S/C11H11F3N4O2/c12-5-1-2-6(9(16)19)17-8(5)11(10(13)14)4-20-3-7(15)18-11/h1-2,10H,3-4H2,(H2,15,18)(H2,16,19). The van der Waals surface area contributed by atoms with Crippen LogP contribution in [-0.4, -0.2) is 36.4 Å². The zero-order valence-corrected chi connectivity index (χ0v) is 10.1. The molecule has 2 heterocycles. The van der Waals surface area contributed by atoms with Gasteiger partial charge in [-0.15, -0.1) is 0 Å². The van der Waals surface area contributed by atoms with Crippen LogP contribution in [0.25, 0.3) is 0 Å². The van der Waals surface area contributed by atoms with Gasteiger partial charge in [0.05, 0.1) is 6.61 Å². The Morgan fingerprint density at radius 2 is 2.15 bits per heavy atom. The van der Waals surface area contributed by atoms with Crippen molar-refractivity contribution in [3.63, 3.8) is 0 Å². The second kappa shape index (κ2) is 5.08. The van der Waals surface area contributed by atoms with Crippen molar-refractivity contribution in [2.45, 2.75) is 12.0 Å².